The Balaban J connectivity index is 2.20. The Bertz CT molecular complexity index is 141. The summed E-state index contributed by atoms with van der Waals surface area (Å²) in [5.74, 6) is 0.658. The van der Waals surface area contributed by atoms with E-state index in [1.807, 2.05) is 6.92 Å². The minimum Gasteiger partial charge on any atom is -0.390 e. The highest BCUT2D eigenvalue weighted by atomic mass is 16.3. The van der Waals surface area contributed by atoms with E-state index in [1.165, 1.54) is 32.1 Å². The molecule has 0 saturated heterocycles. The molecule has 0 amide bonds. The lowest BCUT2D eigenvalue weighted by molar-refractivity contribution is -0.00283. The molecule has 1 aliphatic carbocycles. The van der Waals surface area contributed by atoms with Gasteiger partial charge in [-0.1, -0.05) is 45.4 Å². The van der Waals surface area contributed by atoms with Gasteiger partial charge in [0.15, 0.2) is 0 Å². The van der Waals surface area contributed by atoms with Gasteiger partial charge in [0.05, 0.1) is 12.2 Å². The van der Waals surface area contributed by atoms with Crippen molar-refractivity contribution in [3.63, 3.8) is 0 Å². The first-order valence-corrected chi connectivity index (χ1v) is 6.10. The molecule has 2 N–H and O–H groups in total. The van der Waals surface area contributed by atoms with E-state index in [1.54, 1.807) is 0 Å². The van der Waals surface area contributed by atoms with Gasteiger partial charge in [-0.15, -0.1) is 0 Å². The average molecular weight is 200 g/mol. The Morgan fingerprint density at radius 1 is 1.07 bits per heavy atom. The summed E-state index contributed by atoms with van der Waals surface area (Å²) in [6.45, 7) is 2.04. The summed E-state index contributed by atoms with van der Waals surface area (Å²) in [4.78, 5) is 0. The molecule has 0 aromatic rings. The van der Waals surface area contributed by atoms with Gasteiger partial charge in [-0.2, -0.15) is 0 Å². The molecule has 14 heavy (non-hydrogen) atoms. The molecule has 2 unspecified atom stereocenters. The van der Waals surface area contributed by atoms with Crippen molar-refractivity contribution in [1.29, 1.82) is 0 Å². The monoisotopic (exact) mass is 200 g/mol. The van der Waals surface area contributed by atoms with Gasteiger partial charge in [-0.05, 0) is 18.8 Å². The van der Waals surface area contributed by atoms with Crippen LogP contribution in [0.15, 0.2) is 0 Å². The SMILES string of the molecule is CCCC(O)C(O)CC1CCCCC1. The van der Waals surface area contributed by atoms with Gasteiger partial charge in [0.25, 0.3) is 0 Å². The van der Waals surface area contributed by atoms with Crippen molar-refractivity contribution in [2.75, 3.05) is 0 Å². The summed E-state index contributed by atoms with van der Waals surface area (Å²) < 4.78 is 0. The van der Waals surface area contributed by atoms with E-state index >= 15 is 0 Å². The smallest absolute Gasteiger partial charge is 0.0801 e. The van der Waals surface area contributed by atoms with Crippen LogP contribution in [0.4, 0.5) is 0 Å². The molecule has 1 aliphatic rings. The first-order chi connectivity index (χ1) is 6.74. The molecule has 2 nitrogen and oxygen atoms in total. The quantitative estimate of drug-likeness (QED) is 0.715. The van der Waals surface area contributed by atoms with E-state index < -0.39 is 12.2 Å². The Hall–Kier alpha value is -0.0800. The summed E-state index contributed by atoms with van der Waals surface area (Å²) in [5.41, 5.74) is 0. The number of rotatable bonds is 5. The van der Waals surface area contributed by atoms with E-state index in [-0.39, 0.29) is 0 Å². The van der Waals surface area contributed by atoms with Crippen LogP contribution < -0.4 is 0 Å². The number of hydrogen-bond donors (Lipinski definition) is 2. The Morgan fingerprint density at radius 2 is 1.71 bits per heavy atom. The highest BCUT2D eigenvalue weighted by Crippen LogP contribution is 2.28. The van der Waals surface area contributed by atoms with Crippen molar-refractivity contribution in [2.24, 2.45) is 5.92 Å². The van der Waals surface area contributed by atoms with E-state index in [9.17, 15) is 10.2 Å². The van der Waals surface area contributed by atoms with Gasteiger partial charge < -0.3 is 10.2 Å². The van der Waals surface area contributed by atoms with Crippen molar-refractivity contribution in [2.45, 2.75) is 70.5 Å². The molecule has 0 radical (unpaired) electrons. The second-order valence-electron chi connectivity index (χ2n) is 4.66. The normalized spacial score (nSPS) is 23.4. The van der Waals surface area contributed by atoms with Crippen molar-refractivity contribution in [3.05, 3.63) is 0 Å². The van der Waals surface area contributed by atoms with Gasteiger partial charge >= 0.3 is 0 Å². The zero-order valence-corrected chi connectivity index (χ0v) is 9.28. The van der Waals surface area contributed by atoms with Gasteiger partial charge in [0, 0.05) is 0 Å². The summed E-state index contributed by atoms with van der Waals surface area (Å²) in [5, 5.41) is 19.3. The van der Waals surface area contributed by atoms with Crippen molar-refractivity contribution < 1.29 is 10.2 Å². The molecule has 0 aliphatic heterocycles. The molecule has 0 spiro atoms. The summed E-state index contributed by atoms with van der Waals surface area (Å²) in [6.07, 6.45) is 7.95. The lowest BCUT2D eigenvalue weighted by Gasteiger charge is -2.26. The predicted molar refractivity (Wildman–Crippen MR) is 58.1 cm³/mol. The highest BCUT2D eigenvalue weighted by molar-refractivity contribution is 4.74. The largest absolute Gasteiger partial charge is 0.390 e. The Morgan fingerprint density at radius 3 is 2.29 bits per heavy atom. The van der Waals surface area contributed by atoms with E-state index in [2.05, 4.69) is 0 Å². The minimum atomic E-state index is -0.498. The summed E-state index contributed by atoms with van der Waals surface area (Å²) >= 11 is 0. The standard InChI is InChI=1S/C12H24O2/c1-2-6-11(13)12(14)9-10-7-4-3-5-8-10/h10-14H,2-9H2,1H3. The maximum atomic E-state index is 9.75. The van der Waals surface area contributed by atoms with Gasteiger partial charge in [-0.25, -0.2) is 0 Å². The fourth-order valence-electron chi connectivity index (χ4n) is 2.41. The second-order valence-corrected chi connectivity index (χ2v) is 4.66. The minimum absolute atomic E-state index is 0.488. The molecule has 2 heteroatoms. The fourth-order valence-corrected chi connectivity index (χ4v) is 2.41. The molecular formula is C12H24O2. The fraction of sp³-hybridized carbons (Fsp3) is 1.00. The van der Waals surface area contributed by atoms with Crippen LogP contribution in [-0.2, 0) is 0 Å². The van der Waals surface area contributed by atoms with E-state index in [0.29, 0.717) is 5.92 Å². The second kappa shape index (κ2) is 6.41. The van der Waals surface area contributed by atoms with Crippen LogP contribution in [0.5, 0.6) is 0 Å². The highest BCUT2D eigenvalue weighted by Gasteiger charge is 2.21. The summed E-state index contributed by atoms with van der Waals surface area (Å²) in [6, 6.07) is 0. The van der Waals surface area contributed by atoms with Crippen LogP contribution in [0.25, 0.3) is 0 Å². The molecule has 2 atom stereocenters. The average Bonchev–Trinajstić information content (AvgIpc) is 2.19. The lowest BCUT2D eigenvalue weighted by atomic mass is 9.84. The van der Waals surface area contributed by atoms with Crippen molar-refractivity contribution in [3.8, 4) is 0 Å². The number of hydrogen-bond acceptors (Lipinski definition) is 2. The molecule has 0 heterocycles. The van der Waals surface area contributed by atoms with Crippen LogP contribution in [0.1, 0.15) is 58.3 Å². The molecule has 0 aromatic heterocycles. The van der Waals surface area contributed by atoms with Crippen molar-refractivity contribution >= 4 is 0 Å². The first-order valence-electron chi connectivity index (χ1n) is 6.10. The molecule has 0 bridgehead atoms. The van der Waals surface area contributed by atoms with Crippen LogP contribution >= 0.6 is 0 Å². The Kier molecular flexibility index (Phi) is 5.49. The van der Waals surface area contributed by atoms with Gasteiger partial charge in [-0.3, -0.25) is 0 Å². The maximum absolute atomic E-state index is 9.75. The van der Waals surface area contributed by atoms with Crippen LogP contribution in [-0.4, -0.2) is 22.4 Å². The number of aliphatic hydroxyl groups is 2. The molecule has 0 aromatic carbocycles. The maximum Gasteiger partial charge on any atom is 0.0801 e. The molecule has 84 valence electrons. The van der Waals surface area contributed by atoms with Gasteiger partial charge in [0.2, 0.25) is 0 Å². The molecule has 1 saturated carbocycles. The summed E-state index contributed by atoms with van der Waals surface area (Å²) in [7, 11) is 0. The Labute approximate surface area is 87.3 Å². The molecule has 1 fully saturated rings. The first kappa shape index (κ1) is 12.0. The topological polar surface area (TPSA) is 40.5 Å². The third kappa shape index (κ3) is 3.97. The molecule has 1 rings (SSSR count). The zero-order chi connectivity index (χ0) is 10.4. The van der Waals surface area contributed by atoms with E-state index in [4.69, 9.17) is 0 Å². The third-order valence-corrected chi connectivity index (χ3v) is 3.33. The molecular weight excluding hydrogens is 176 g/mol. The number of aliphatic hydroxyl groups excluding tert-OH is 2. The van der Waals surface area contributed by atoms with Crippen LogP contribution in [0.2, 0.25) is 0 Å². The third-order valence-electron chi connectivity index (χ3n) is 3.33. The van der Waals surface area contributed by atoms with Crippen LogP contribution in [0, 0.1) is 5.92 Å². The van der Waals surface area contributed by atoms with Crippen molar-refractivity contribution in [1.82, 2.24) is 0 Å². The van der Waals surface area contributed by atoms with Crippen LogP contribution in [0.3, 0.4) is 0 Å². The lowest BCUT2D eigenvalue weighted by Crippen LogP contribution is -2.28. The van der Waals surface area contributed by atoms with E-state index in [0.717, 1.165) is 19.3 Å². The zero-order valence-electron chi connectivity index (χ0n) is 9.28. The predicted octanol–water partition coefficient (Wildman–Crippen LogP) is 2.48. The van der Waals surface area contributed by atoms with Gasteiger partial charge in [0.1, 0.15) is 0 Å².